The number of rotatable bonds is 4. The summed E-state index contributed by atoms with van der Waals surface area (Å²) >= 11 is 3.04. The lowest BCUT2D eigenvalue weighted by Crippen LogP contribution is -2.33. The molecule has 0 N–H and O–H groups in total. The molecule has 0 bridgehead atoms. The molecule has 0 spiro atoms. The molecule has 0 radical (unpaired) electrons. The molecule has 0 saturated carbocycles. The van der Waals surface area contributed by atoms with Crippen LogP contribution in [0.2, 0.25) is 0 Å². The van der Waals surface area contributed by atoms with Gasteiger partial charge in [0.15, 0.2) is 0 Å². The number of aryl methyl sites for hydroxylation is 1. The fraction of sp³-hybridized carbons (Fsp3) is 0.333. The zero-order chi connectivity index (χ0) is 20.6. The highest BCUT2D eigenvalue weighted by molar-refractivity contribution is 9.10. The molecule has 0 aliphatic carbocycles. The van der Waals surface area contributed by atoms with E-state index in [2.05, 4.69) is 15.9 Å². The Bertz CT molecular complexity index is 821. The number of halogens is 9. The zero-order valence-electron chi connectivity index (χ0n) is 13.8. The van der Waals surface area contributed by atoms with Gasteiger partial charge in [-0.3, -0.25) is 0 Å². The smallest absolute Gasteiger partial charge is 0.191 e. The maximum atomic E-state index is 13.7. The van der Waals surface area contributed by atoms with Crippen LogP contribution < -0.4 is 0 Å². The van der Waals surface area contributed by atoms with Gasteiger partial charge in [0.2, 0.25) is 0 Å². The molecule has 0 nitrogen and oxygen atoms in total. The highest BCUT2D eigenvalue weighted by atomic mass is 79.9. The van der Waals surface area contributed by atoms with Gasteiger partial charge in [-0.05, 0) is 40.8 Å². The summed E-state index contributed by atoms with van der Waals surface area (Å²) in [5.74, 6) is -5.13. The van der Waals surface area contributed by atoms with Crippen molar-refractivity contribution in [3.8, 4) is 11.1 Å². The van der Waals surface area contributed by atoms with E-state index in [4.69, 9.17) is 0 Å². The second-order valence-electron chi connectivity index (χ2n) is 5.90. The minimum Gasteiger partial charge on any atom is -0.191 e. The second-order valence-corrected chi connectivity index (χ2v) is 6.76. The van der Waals surface area contributed by atoms with E-state index in [9.17, 15) is 35.1 Å². The van der Waals surface area contributed by atoms with E-state index < -0.39 is 30.3 Å². The van der Waals surface area contributed by atoms with Crippen LogP contribution in [-0.4, -0.2) is 12.4 Å². The van der Waals surface area contributed by atoms with Crippen LogP contribution in [0.4, 0.5) is 35.1 Å². The molecule has 148 valence electrons. The van der Waals surface area contributed by atoms with Gasteiger partial charge in [0.25, 0.3) is 0 Å². The largest absolute Gasteiger partial charge is 0.458 e. The average molecular weight is 461 g/mol. The molecular formula is C18H13BrF8. The molecule has 2 aromatic carbocycles. The molecule has 0 unspecified atom stereocenters. The Balaban J connectivity index is 2.69. The summed E-state index contributed by atoms with van der Waals surface area (Å²) in [6, 6.07) is 6.19. The van der Waals surface area contributed by atoms with Crippen molar-refractivity contribution in [1.29, 1.82) is 0 Å². The number of benzene rings is 2. The first-order valence-corrected chi connectivity index (χ1v) is 8.49. The van der Waals surface area contributed by atoms with Crippen molar-refractivity contribution < 1.29 is 35.1 Å². The number of alkyl halides is 8. The van der Waals surface area contributed by atoms with Gasteiger partial charge < -0.3 is 0 Å². The van der Waals surface area contributed by atoms with Crippen molar-refractivity contribution in [2.24, 2.45) is 0 Å². The third-order valence-electron chi connectivity index (χ3n) is 3.95. The van der Waals surface area contributed by atoms with Crippen LogP contribution in [0.5, 0.6) is 0 Å². The first-order chi connectivity index (χ1) is 12.3. The Hall–Kier alpha value is -1.64. The van der Waals surface area contributed by atoms with Crippen LogP contribution in [0.15, 0.2) is 40.9 Å². The first-order valence-electron chi connectivity index (χ1n) is 7.69. The van der Waals surface area contributed by atoms with Gasteiger partial charge in [0.1, 0.15) is 0 Å². The molecule has 2 aromatic rings. The van der Waals surface area contributed by atoms with Crippen LogP contribution in [-0.2, 0) is 18.8 Å². The standard InChI is InChI=1S/C18H13BrF8/c1-2-10-3-4-11(9-16(20,21)22)13(7-10)14-8-12(5-6-15(14)19)17(23,24)18(25,26)27/h3-8H,2,9H2,1H3. The van der Waals surface area contributed by atoms with Gasteiger partial charge in [-0.15, -0.1) is 0 Å². The Kier molecular flexibility index (Phi) is 5.94. The predicted molar refractivity (Wildman–Crippen MR) is 88.7 cm³/mol. The molecule has 0 amide bonds. The van der Waals surface area contributed by atoms with Gasteiger partial charge >= 0.3 is 18.3 Å². The van der Waals surface area contributed by atoms with Crippen molar-refractivity contribution in [2.75, 3.05) is 0 Å². The van der Waals surface area contributed by atoms with Crippen LogP contribution in [0.25, 0.3) is 11.1 Å². The molecule has 0 heterocycles. The third-order valence-corrected chi connectivity index (χ3v) is 4.64. The number of hydrogen-bond donors (Lipinski definition) is 0. The van der Waals surface area contributed by atoms with Crippen molar-refractivity contribution in [2.45, 2.75) is 38.0 Å². The van der Waals surface area contributed by atoms with E-state index in [-0.39, 0.29) is 21.2 Å². The minimum atomic E-state index is -5.82. The fourth-order valence-corrected chi connectivity index (χ4v) is 3.02. The summed E-state index contributed by atoms with van der Waals surface area (Å²) in [5.41, 5.74) is -1.14. The summed E-state index contributed by atoms with van der Waals surface area (Å²) in [6.45, 7) is 1.74. The lowest BCUT2D eigenvalue weighted by Gasteiger charge is -2.22. The quantitative estimate of drug-likeness (QED) is 0.416. The molecule has 9 heteroatoms. The lowest BCUT2D eigenvalue weighted by molar-refractivity contribution is -0.289. The Labute approximate surface area is 158 Å². The van der Waals surface area contributed by atoms with Gasteiger partial charge in [-0.25, -0.2) is 0 Å². The molecule has 0 atom stereocenters. The highest BCUT2D eigenvalue weighted by Gasteiger charge is 2.58. The van der Waals surface area contributed by atoms with E-state index in [0.29, 0.717) is 24.1 Å². The van der Waals surface area contributed by atoms with E-state index in [0.717, 1.165) is 6.07 Å². The molecule has 0 aromatic heterocycles. The number of hydrogen-bond acceptors (Lipinski definition) is 0. The molecule has 0 saturated heterocycles. The summed E-state index contributed by atoms with van der Waals surface area (Å²) in [7, 11) is 0. The van der Waals surface area contributed by atoms with Crippen molar-refractivity contribution in [3.05, 3.63) is 57.6 Å². The zero-order valence-corrected chi connectivity index (χ0v) is 15.4. The molecule has 2 rings (SSSR count). The van der Waals surface area contributed by atoms with E-state index in [1.54, 1.807) is 6.92 Å². The summed E-state index contributed by atoms with van der Waals surface area (Å²) in [4.78, 5) is 0. The third kappa shape index (κ3) is 4.80. The maximum absolute atomic E-state index is 13.7. The summed E-state index contributed by atoms with van der Waals surface area (Å²) in [5, 5.41) is 0. The van der Waals surface area contributed by atoms with Crippen LogP contribution >= 0.6 is 15.9 Å². The monoisotopic (exact) mass is 460 g/mol. The van der Waals surface area contributed by atoms with Gasteiger partial charge in [-0.1, -0.05) is 47.1 Å². The molecule has 0 fully saturated rings. The predicted octanol–water partition coefficient (Wildman–Crippen LogP) is 7.44. The van der Waals surface area contributed by atoms with E-state index >= 15 is 0 Å². The summed E-state index contributed by atoms with van der Waals surface area (Å²) < 4.78 is 104. The van der Waals surface area contributed by atoms with E-state index in [1.807, 2.05) is 0 Å². The fourth-order valence-electron chi connectivity index (χ4n) is 2.56. The minimum absolute atomic E-state index is 0.0432. The average Bonchev–Trinajstić information content (AvgIpc) is 2.53. The normalized spacial score (nSPS) is 13.1. The second kappa shape index (κ2) is 7.41. The molecular weight excluding hydrogens is 448 g/mol. The van der Waals surface area contributed by atoms with E-state index in [1.165, 1.54) is 18.2 Å². The van der Waals surface area contributed by atoms with Crippen molar-refractivity contribution >= 4 is 15.9 Å². The van der Waals surface area contributed by atoms with Crippen molar-refractivity contribution in [3.63, 3.8) is 0 Å². The SMILES string of the molecule is CCc1ccc(CC(F)(F)F)c(-c2cc(C(F)(F)C(F)(F)F)ccc2Br)c1. The van der Waals surface area contributed by atoms with Gasteiger partial charge in [-0.2, -0.15) is 35.1 Å². The molecule has 0 aliphatic heterocycles. The Morgan fingerprint density at radius 3 is 1.96 bits per heavy atom. The van der Waals surface area contributed by atoms with Crippen LogP contribution in [0, 0.1) is 0 Å². The van der Waals surface area contributed by atoms with Crippen LogP contribution in [0.3, 0.4) is 0 Å². The maximum Gasteiger partial charge on any atom is 0.458 e. The van der Waals surface area contributed by atoms with Crippen LogP contribution in [0.1, 0.15) is 23.6 Å². The first kappa shape index (κ1) is 21.7. The highest BCUT2D eigenvalue weighted by Crippen LogP contribution is 2.46. The van der Waals surface area contributed by atoms with Gasteiger partial charge in [0.05, 0.1) is 6.42 Å². The topological polar surface area (TPSA) is 0 Å². The summed E-state index contributed by atoms with van der Waals surface area (Å²) in [6.07, 6.45) is -11.3. The molecule has 0 aliphatic rings. The van der Waals surface area contributed by atoms with Crippen molar-refractivity contribution in [1.82, 2.24) is 0 Å². The molecule has 27 heavy (non-hydrogen) atoms. The lowest BCUT2D eigenvalue weighted by atomic mass is 9.92. The Morgan fingerprint density at radius 2 is 1.44 bits per heavy atom. The van der Waals surface area contributed by atoms with Gasteiger partial charge in [0, 0.05) is 10.0 Å². The Morgan fingerprint density at radius 1 is 0.815 bits per heavy atom.